The van der Waals surface area contributed by atoms with Gasteiger partial charge in [-0.05, 0) is 26.0 Å². The molecular formula is C11H17NO4. The Labute approximate surface area is 94.4 Å². The van der Waals surface area contributed by atoms with Gasteiger partial charge < -0.3 is 14.3 Å². The highest BCUT2D eigenvalue weighted by molar-refractivity contribution is 5.79. The van der Waals surface area contributed by atoms with Crippen molar-refractivity contribution in [1.82, 2.24) is 5.32 Å². The number of ether oxygens (including phenoxy) is 1. The zero-order valence-electron chi connectivity index (χ0n) is 9.74. The quantitative estimate of drug-likeness (QED) is 0.728. The average Bonchev–Trinajstić information content (AvgIpc) is 2.73. The predicted molar refractivity (Wildman–Crippen MR) is 57.6 cm³/mol. The monoisotopic (exact) mass is 227 g/mol. The van der Waals surface area contributed by atoms with Gasteiger partial charge in [-0.1, -0.05) is 0 Å². The molecule has 0 atom stereocenters. The molecule has 0 radical (unpaired) electrons. The van der Waals surface area contributed by atoms with Crippen LogP contribution in [-0.4, -0.2) is 23.7 Å². The number of hydrogen-bond acceptors (Lipinski definition) is 5. The first-order valence-electron chi connectivity index (χ1n) is 5.01. The van der Waals surface area contributed by atoms with Gasteiger partial charge in [0.25, 0.3) is 0 Å². The van der Waals surface area contributed by atoms with Gasteiger partial charge in [0.05, 0.1) is 13.7 Å². The van der Waals surface area contributed by atoms with Crippen LogP contribution in [0.5, 0.6) is 0 Å². The number of carbonyl (C=O) groups is 1. The normalized spacial score (nSPS) is 11.5. The van der Waals surface area contributed by atoms with Crippen molar-refractivity contribution in [3.8, 4) is 0 Å². The first-order chi connectivity index (χ1) is 7.49. The minimum Gasteiger partial charge on any atom is -0.468 e. The summed E-state index contributed by atoms with van der Waals surface area (Å²) >= 11 is 0. The third-order valence-electron chi connectivity index (χ3n) is 2.27. The summed E-state index contributed by atoms with van der Waals surface area (Å²) in [5.41, 5.74) is -0.763. The van der Waals surface area contributed by atoms with E-state index in [2.05, 4.69) is 10.1 Å². The van der Waals surface area contributed by atoms with E-state index in [1.54, 1.807) is 26.0 Å². The van der Waals surface area contributed by atoms with Crippen LogP contribution in [-0.2, 0) is 22.7 Å². The van der Waals surface area contributed by atoms with Gasteiger partial charge in [0.15, 0.2) is 0 Å². The number of carbonyl (C=O) groups excluding carboxylic acids is 1. The Morgan fingerprint density at radius 1 is 1.50 bits per heavy atom. The van der Waals surface area contributed by atoms with Crippen molar-refractivity contribution in [3.63, 3.8) is 0 Å². The van der Waals surface area contributed by atoms with Crippen LogP contribution in [0.4, 0.5) is 0 Å². The van der Waals surface area contributed by atoms with E-state index >= 15 is 0 Å². The first-order valence-corrected chi connectivity index (χ1v) is 5.01. The van der Waals surface area contributed by atoms with E-state index in [9.17, 15) is 4.79 Å². The van der Waals surface area contributed by atoms with E-state index in [0.717, 1.165) is 0 Å². The average molecular weight is 227 g/mol. The minimum atomic E-state index is -0.763. The van der Waals surface area contributed by atoms with Crippen molar-refractivity contribution in [2.75, 3.05) is 7.11 Å². The van der Waals surface area contributed by atoms with Crippen molar-refractivity contribution >= 4 is 5.97 Å². The second-order valence-corrected chi connectivity index (χ2v) is 4.00. The number of esters is 1. The maximum Gasteiger partial charge on any atom is 0.325 e. The number of aliphatic hydroxyl groups is 1. The van der Waals surface area contributed by atoms with Gasteiger partial charge in [-0.3, -0.25) is 10.1 Å². The summed E-state index contributed by atoms with van der Waals surface area (Å²) < 4.78 is 9.93. The number of rotatable bonds is 5. The standard InChI is InChI=1S/C11H17NO4/c1-11(2,10(14)15-3)12-6-8-4-5-9(7-13)16-8/h4-5,12-13H,6-7H2,1-3H3. The van der Waals surface area contributed by atoms with Crippen LogP contribution in [0.15, 0.2) is 16.5 Å². The summed E-state index contributed by atoms with van der Waals surface area (Å²) in [4.78, 5) is 11.4. The van der Waals surface area contributed by atoms with Crippen molar-refractivity contribution in [2.24, 2.45) is 0 Å². The van der Waals surface area contributed by atoms with Crippen LogP contribution in [0.2, 0.25) is 0 Å². The highest BCUT2D eigenvalue weighted by Crippen LogP contribution is 2.10. The number of aliphatic hydroxyl groups excluding tert-OH is 1. The lowest BCUT2D eigenvalue weighted by Crippen LogP contribution is -2.46. The largest absolute Gasteiger partial charge is 0.468 e. The molecule has 0 saturated carbocycles. The molecule has 2 N–H and O–H groups in total. The van der Waals surface area contributed by atoms with Gasteiger partial charge in [0.1, 0.15) is 23.7 Å². The highest BCUT2D eigenvalue weighted by Gasteiger charge is 2.27. The number of methoxy groups -OCH3 is 1. The lowest BCUT2D eigenvalue weighted by atomic mass is 10.1. The second kappa shape index (κ2) is 5.14. The molecule has 0 aliphatic heterocycles. The fourth-order valence-electron chi connectivity index (χ4n) is 1.24. The Hall–Kier alpha value is -1.33. The Morgan fingerprint density at radius 2 is 2.12 bits per heavy atom. The molecule has 16 heavy (non-hydrogen) atoms. The SMILES string of the molecule is COC(=O)C(C)(C)NCc1ccc(CO)o1. The molecule has 1 aromatic rings. The smallest absolute Gasteiger partial charge is 0.325 e. The zero-order valence-corrected chi connectivity index (χ0v) is 9.74. The van der Waals surface area contributed by atoms with Crippen molar-refractivity contribution < 1.29 is 19.1 Å². The van der Waals surface area contributed by atoms with Crippen molar-refractivity contribution in [1.29, 1.82) is 0 Å². The van der Waals surface area contributed by atoms with E-state index < -0.39 is 5.54 Å². The Morgan fingerprint density at radius 3 is 2.62 bits per heavy atom. The third-order valence-corrected chi connectivity index (χ3v) is 2.27. The van der Waals surface area contributed by atoms with Gasteiger partial charge in [0, 0.05) is 0 Å². The van der Waals surface area contributed by atoms with Gasteiger partial charge in [-0.25, -0.2) is 0 Å². The Kier molecular flexibility index (Phi) is 4.09. The molecule has 0 aliphatic carbocycles. The van der Waals surface area contributed by atoms with E-state index in [1.165, 1.54) is 7.11 Å². The molecule has 0 fully saturated rings. The summed E-state index contributed by atoms with van der Waals surface area (Å²) in [5, 5.41) is 11.8. The molecule has 0 amide bonds. The molecule has 90 valence electrons. The maximum absolute atomic E-state index is 11.4. The Balaban J connectivity index is 2.53. The minimum absolute atomic E-state index is 0.125. The molecule has 0 bridgehead atoms. The van der Waals surface area contributed by atoms with E-state index in [0.29, 0.717) is 18.1 Å². The molecule has 1 aromatic heterocycles. The van der Waals surface area contributed by atoms with Crippen molar-refractivity contribution in [3.05, 3.63) is 23.7 Å². The summed E-state index contributed by atoms with van der Waals surface area (Å²) in [7, 11) is 1.35. The first kappa shape index (κ1) is 12.7. The zero-order chi connectivity index (χ0) is 12.2. The van der Waals surface area contributed by atoms with E-state index in [4.69, 9.17) is 9.52 Å². The molecule has 0 saturated heterocycles. The molecular weight excluding hydrogens is 210 g/mol. The molecule has 0 aromatic carbocycles. The summed E-state index contributed by atoms with van der Waals surface area (Å²) in [6.07, 6.45) is 0. The number of furan rings is 1. The summed E-state index contributed by atoms with van der Waals surface area (Å²) in [6.45, 7) is 3.74. The van der Waals surface area contributed by atoms with E-state index in [1.807, 2.05) is 0 Å². The van der Waals surface area contributed by atoms with Crippen LogP contribution in [0.3, 0.4) is 0 Å². The second-order valence-electron chi connectivity index (χ2n) is 4.00. The van der Waals surface area contributed by atoms with Crippen molar-refractivity contribution in [2.45, 2.75) is 32.5 Å². The third kappa shape index (κ3) is 3.08. The van der Waals surface area contributed by atoms with Gasteiger partial charge in [0.2, 0.25) is 0 Å². The predicted octanol–water partition coefficient (Wildman–Crippen LogP) is 0.813. The molecule has 5 heteroatoms. The van der Waals surface area contributed by atoms with Crippen LogP contribution < -0.4 is 5.32 Å². The molecule has 1 heterocycles. The maximum atomic E-state index is 11.4. The lowest BCUT2D eigenvalue weighted by Gasteiger charge is -2.22. The van der Waals surface area contributed by atoms with Gasteiger partial charge in [-0.2, -0.15) is 0 Å². The topological polar surface area (TPSA) is 71.7 Å². The molecule has 0 unspecified atom stereocenters. The Bertz CT molecular complexity index is 357. The van der Waals surface area contributed by atoms with Crippen LogP contribution >= 0.6 is 0 Å². The van der Waals surface area contributed by atoms with Crippen LogP contribution in [0, 0.1) is 0 Å². The van der Waals surface area contributed by atoms with Gasteiger partial charge in [-0.15, -0.1) is 0 Å². The van der Waals surface area contributed by atoms with Crippen LogP contribution in [0.25, 0.3) is 0 Å². The fraction of sp³-hybridized carbons (Fsp3) is 0.545. The fourth-order valence-corrected chi connectivity index (χ4v) is 1.24. The molecule has 5 nitrogen and oxygen atoms in total. The number of nitrogens with one attached hydrogen (secondary N) is 1. The van der Waals surface area contributed by atoms with Gasteiger partial charge >= 0.3 is 5.97 Å². The summed E-state index contributed by atoms with van der Waals surface area (Å²) in [5.74, 6) is 0.843. The lowest BCUT2D eigenvalue weighted by molar-refractivity contribution is -0.147. The summed E-state index contributed by atoms with van der Waals surface area (Å²) in [6, 6.07) is 3.45. The van der Waals surface area contributed by atoms with E-state index in [-0.39, 0.29) is 12.6 Å². The number of hydrogen-bond donors (Lipinski definition) is 2. The highest BCUT2D eigenvalue weighted by atomic mass is 16.5. The molecule has 1 rings (SSSR count). The van der Waals surface area contributed by atoms with Crippen LogP contribution in [0.1, 0.15) is 25.4 Å². The molecule has 0 aliphatic rings. The molecule has 0 spiro atoms.